The van der Waals surface area contributed by atoms with Gasteiger partial charge in [0.2, 0.25) is 0 Å². The van der Waals surface area contributed by atoms with Gasteiger partial charge in [0.25, 0.3) is 5.91 Å². The van der Waals surface area contributed by atoms with E-state index in [1.807, 2.05) is 19.1 Å². The molecule has 1 N–H and O–H groups in total. The molecule has 1 aliphatic heterocycles. The summed E-state index contributed by atoms with van der Waals surface area (Å²) in [6.45, 7) is 2.94. The number of carbonyl (C=O) groups excluding carboxylic acids is 1. The highest BCUT2D eigenvalue weighted by Gasteiger charge is 2.31. The lowest BCUT2D eigenvalue weighted by Crippen LogP contribution is -2.45. The van der Waals surface area contributed by atoms with Crippen LogP contribution in [-0.4, -0.2) is 49.9 Å². The van der Waals surface area contributed by atoms with Gasteiger partial charge in [-0.15, -0.1) is 0 Å². The lowest BCUT2D eigenvalue weighted by molar-refractivity contribution is -0.137. The molecule has 4 rings (SSSR count). The van der Waals surface area contributed by atoms with Crippen molar-refractivity contribution in [3.8, 4) is 5.69 Å². The zero-order chi connectivity index (χ0) is 22.0. The normalized spacial score (nSPS) is 16.9. The predicted octanol–water partition coefficient (Wildman–Crippen LogP) is 3.71. The van der Waals surface area contributed by atoms with Crippen LogP contribution in [0, 0.1) is 6.92 Å². The molecular weight excluding hydrogens is 409 g/mol. The van der Waals surface area contributed by atoms with E-state index in [0.717, 1.165) is 30.7 Å². The fourth-order valence-corrected chi connectivity index (χ4v) is 3.63. The zero-order valence-electron chi connectivity index (χ0n) is 16.8. The summed E-state index contributed by atoms with van der Waals surface area (Å²) < 4.78 is 38.2. The Morgan fingerprint density at radius 1 is 1.16 bits per heavy atom. The number of amides is 1. The van der Waals surface area contributed by atoms with Gasteiger partial charge in [-0.2, -0.15) is 28.2 Å². The summed E-state index contributed by atoms with van der Waals surface area (Å²) in [4.78, 5) is 20.3. The maximum absolute atomic E-state index is 13.3. The number of halogens is 3. The fourth-order valence-electron chi connectivity index (χ4n) is 3.63. The van der Waals surface area contributed by atoms with Crippen LogP contribution in [0.25, 0.3) is 5.69 Å². The van der Waals surface area contributed by atoms with Crippen LogP contribution in [0.5, 0.6) is 0 Å². The van der Waals surface area contributed by atoms with Crippen LogP contribution < -0.4 is 5.32 Å². The summed E-state index contributed by atoms with van der Waals surface area (Å²) in [5.41, 5.74) is 1.29. The highest BCUT2D eigenvalue weighted by atomic mass is 19.4. The molecule has 2 aromatic heterocycles. The molecule has 0 spiro atoms. The summed E-state index contributed by atoms with van der Waals surface area (Å²) in [6.07, 6.45) is 1.04. The Balaban J connectivity index is 1.49. The van der Waals surface area contributed by atoms with Crippen molar-refractivity contribution in [3.63, 3.8) is 0 Å². The zero-order valence-corrected chi connectivity index (χ0v) is 16.8. The largest absolute Gasteiger partial charge is 0.417 e. The first kappa shape index (κ1) is 20.8. The Kier molecular flexibility index (Phi) is 5.62. The van der Waals surface area contributed by atoms with Crippen molar-refractivity contribution in [2.24, 2.45) is 0 Å². The molecule has 1 amide bonds. The topological polar surface area (TPSA) is 75.9 Å². The molecule has 0 radical (unpaired) electrons. The minimum Gasteiger partial charge on any atom is -0.366 e. The van der Waals surface area contributed by atoms with Crippen molar-refractivity contribution in [2.75, 3.05) is 18.4 Å². The van der Waals surface area contributed by atoms with E-state index in [4.69, 9.17) is 0 Å². The Bertz CT molecular complexity index is 1050. The number of nitrogens with zero attached hydrogens (tertiary/aromatic N) is 5. The van der Waals surface area contributed by atoms with Gasteiger partial charge in [0, 0.05) is 25.3 Å². The standard InChI is InChI=1S/C21H21F3N6O/c1-14-4-6-17(18(11-14)30-26-8-9-27-30)20(31)29-10-2-3-16(13-29)28-19-7-5-15(12-25-19)21(22,23)24/h4-9,11-12,16H,2-3,10,13H2,1H3,(H,25,28). The number of benzene rings is 1. The molecule has 3 heterocycles. The number of anilines is 1. The van der Waals surface area contributed by atoms with Crippen LogP contribution in [-0.2, 0) is 6.18 Å². The van der Waals surface area contributed by atoms with Gasteiger partial charge in [-0.05, 0) is 49.6 Å². The average molecular weight is 430 g/mol. The van der Waals surface area contributed by atoms with Crippen molar-refractivity contribution < 1.29 is 18.0 Å². The Labute approximate surface area is 176 Å². The molecule has 0 aliphatic carbocycles. The number of alkyl halides is 3. The Hall–Kier alpha value is -3.43. The van der Waals surface area contributed by atoms with Crippen molar-refractivity contribution >= 4 is 11.7 Å². The molecule has 162 valence electrons. The number of pyridine rings is 1. The van der Waals surface area contributed by atoms with E-state index in [0.29, 0.717) is 30.2 Å². The first-order valence-electron chi connectivity index (χ1n) is 9.87. The first-order chi connectivity index (χ1) is 14.8. The monoisotopic (exact) mass is 430 g/mol. The molecule has 1 fully saturated rings. The van der Waals surface area contributed by atoms with Crippen molar-refractivity contribution in [1.82, 2.24) is 24.9 Å². The van der Waals surface area contributed by atoms with E-state index in [2.05, 4.69) is 20.5 Å². The van der Waals surface area contributed by atoms with Gasteiger partial charge < -0.3 is 10.2 Å². The molecule has 1 aliphatic rings. The fraction of sp³-hybridized carbons (Fsp3) is 0.333. The number of rotatable bonds is 4. The molecule has 7 nitrogen and oxygen atoms in total. The van der Waals surface area contributed by atoms with Crippen LogP contribution in [0.1, 0.15) is 34.3 Å². The highest BCUT2D eigenvalue weighted by molar-refractivity contribution is 5.98. The SMILES string of the molecule is Cc1ccc(C(=O)N2CCCC(Nc3ccc(C(F)(F)F)cn3)C2)c(-n2nccn2)c1. The Morgan fingerprint density at radius 2 is 1.94 bits per heavy atom. The van der Waals surface area contributed by atoms with Gasteiger partial charge in [0.05, 0.1) is 29.2 Å². The van der Waals surface area contributed by atoms with Crippen LogP contribution in [0.4, 0.5) is 19.0 Å². The number of piperidine rings is 1. The highest BCUT2D eigenvalue weighted by Crippen LogP contribution is 2.29. The lowest BCUT2D eigenvalue weighted by Gasteiger charge is -2.33. The van der Waals surface area contributed by atoms with E-state index >= 15 is 0 Å². The van der Waals surface area contributed by atoms with E-state index in [1.54, 1.807) is 23.4 Å². The predicted molar refractivity (Wildman–Crippen MR) is 108 cm³/mol. The maximum Gasteiger partial charge on any atom is 0.417 e. The third-order valence-corrected chi connectivity index (χ3v) is 5.17. The molecule has 31 heavy (non-hydrogen) atoms. The summed E-state index contributed by atoms with van der Waals surface area (Å²) in [5, 5.41) is 11.4. The van der Waals surface area contributed by atoms with Crippen LogP contribution in [0.2, 0.25) is 0 Å². The quantitative estimate of drug-likeness (QED) is 0.683. The summed E-state index contributed by atoms with van der Waals surface area (Å²) in [6, 6.07) is 7.69. The molecule has 1 atom stereocenters. The van der Waals surface area contributed by atoms with Crippen LogP contribution in [0.15, 0.2) is 48.9 Å². The molecule has 1 aromatic carbocycles. The third-order valence-electron chi connectivity index (χ3n) is 5.17. The summed E-state index contributed by atoms with van der Waals surface area (Å²) >= 11 is 0. The van der Waals surface area contributed by atoms with Crippen molar-refractivity contribution in [1.29, 1.82) is 0 Å². The second-order valence-corrected chi connectivity index (χ2v) is 7.50. The van der Waals surface area contributed by atoms with Gasteiger partial charge >= 0.3 is 6.18 Å². The van der Waals surface area contributed by atoms with Crippen LogP contribution in [0.3, 0.4) is 0 Å². The number of carbonyl (C=O) groups is 1. The molecule has 0 bridgehead atoms. The van der Waals surface area contributed by atoms with E-state index in [1.165, 1.54) is 10.9 Å². The number of hydrogen-bond donors (Lipinski definition) is 1. The first-order valence-corrected chi connectivity index (χ1v) is 9.87. The minimum atomic E-state index is -4.42. The number of aromatic nitrogens is 4. The number of nitrogens with one attached hydrogen (secondary N) is 1. The van der Waals surface area contributed by atoms with Gasteiger partial charge in [0.1, 0.15) is 5.82 Å². The van der Waals surface area contributed by atoms with Gasteiger partial charge in [0.15, 0.2) is 0 Å². The van der Waals surface area contributed by atoms with E-state index < -0.39 is 11.7 Å². The molecule has 1 unspecified atom stereocenters. The van der Waals surface area contributed by atoms with Gasteiger partial charge in [-0.1, -0.05) is 6.07 Å². The minimum absolute atomic E-state index is 0.112. The van der Waals surface area contributed by atoms with E-state index in [9.17, 15) is 18.0 Å². The van der Waals surface area contributed by atoms with Crippen molar-refractivity contribution in [2.45, 2.75) is 32.0 Å². The second-order valence-electron chi connectivity index (χ2n) is 7.50. The molecule has 1 saturated heterocycles. The summed E-state index contributed by atoms with van der Waals surface area (Å²) in [5.74, 6) is 0.211. The number of likely N-dealkylation sites (tertiary alicyclic amines) is 1. The van der Waals surface area contributed by atoms with Gasteiger partial charge in [-0.25, -0.2) is 4.98 Å². The smallest absolute Gasteiger partial charge is 0.366 e. The Morgan fingerprint density at radius 3 is 2.61 bits per heavy atom. The second kappa shape index (κ2) is 8.37. The lowest BCUT2D eigenvalue weighted by atomic mass is 10.0. The third kappa shape index (κ3) is 4.68. The summed E-state index contributed by atoms with van der Waals surface area (Å²) in [7, 11) is 0. The maximum atomic E-state index is 13.3. The van der Waals surface area contributed by atoms with Crippen molar-refractivity contribution in [3.05, 3.63) is 65.6 Å². The van der Waals surface area contributed by atoms with Crippen LogP contribution >= 0.6 is 0 Å². The molecule has 3 aromatic rings. The van der Waals surface area contributed by atoms with E-state index in [-0.39, 0.29) is 11.9 Å². The average Bonchev–Trinajstić information content (AvgIpc) is 3.28. The molecular formula is C21H21F3N6O. The number of aryl methyl sites for hydroxylation is 1. The number of hydrogen-bond acceptors (Lipinski definition) is 5. The molecule has 0 saturated carbocycles. The molecule has 10 heteroatoms. The van der Waals surface area contributed by atoms with Gasteiger partial charge in [-0.3, -0.25) is 4.79 Å².